The maximum absolute atomic E-state index is 5.45. The Morgan fingerprint density at radius 3 is 1.70 bits per heavy atom. The third-order valence-electron chi connectivity index (χ3n) is 0.700. The lowest BCUT2D eigenvalue weighted by molar-refractivity contribution is 0.514. The highest BCUT2D eigenvalue weighted by molar-refractivity contribution is 6.48. The van der Waals surface area contributed by atoms with Gasteiger partial charge >= 0.3 is 0 Å². The van der Waals surface area contributed by atoms with Crippen LogP contribution in [0.2, 0.25) is 0 Å². The number of alkyl halides is 4. The Labute approximate surface area is 79.7 Å². The molecule has 6 heteroatoms. The first-order valence-corrected chi connectivity index (χ1v) is 4.10. The quantitative estimate of drug-likeness (QED) is 0.311. The van der Waals surface area contributed by atoms with Crippen LogP contribution in [0, 0.1) is 0 Å². The van der Waals surface area contributed by atoms with Gasteiger partial charge in [-0.2, -0.15) is 0 Å². The number of hydrogen-bond acceptors (Lipinski definition) is 1. The standard InChI is InChI=1S/C4H6Cl4N2/c1-9-2-10(3(5)6)4(7)8/h2-4H,1H3. The lowest BCUT2D eigenvalue weighted by Crippen LogP contribution is -2.29. The molecule has 0 rings (SSSR count). The van der Waals surface area contributed by atoms with Gasteiger partial charge in [0.15, 0.2) is 9.92 Å². The Kier molecular flexibility index (Phi) is 5.64. The van der Waals surface area contributed by atoms with Crippen molar-refractivity contribution in [1.29, 1.82) is 0 Å². The number of hydrogen-bond donors (Lipinski definition) is 0. The van der Waals surface area contributed by atoms with E-state index < -0.39 is 9.92 Å². The molecule has 0 spiro atoms. The van der Waals surface area contributed by atoms with E-state index in [1.54, 1.807) is 7.05 Å². The van der Waals surface area contributed by atoms with Gasteiger partial charge in [-0.25, -0.2) is 0 Å². The molecule has 0 aromatic rings. The summed E-state index contributed by atoms with van der Waals surface area (Å²) in [4.78, 5) is 3.38. The SMILES string of the molecule is CN=CN(C(Cl)Cl)C(Cl)Cl. The first-order valence-electron chi connectivity index (χ1n) is 2.35. The molecular formula is C4H6Cl4N2. The van der Waals surface area contributed by atoms with Crippen molar-refractivity contribution in [2.45, 2.75) is 9.92 Å². The minimum atomic E-state index is -0.774. The molecule has 0 aliphatic carbocycles. The normalized spacial score (nSPS) is 11.9. The van der Waals surface area contributed by atoms with Gasteiger partial charge in [0, 0.05) is 7.05 Å². The monoisotopic (exact) mass is 222 g/mol. The van der Waals surface area contributed by atoms with E-state index in [1.807, 2.05) is 0 Å². The molecule has 60 valence electrons. The number of halogens is 4. The molecule has 0 saturated heterocycles. The van der Waals surface area contributed by atoms with Crippen molar-refractivity contribution >= 4 is 52.7 Å². The molecule has 10 heavy (non-hydrogen) atoms. The summed E-state index contributed by atoms with van der Waals surface area (Å²) in [5.74, 6) is 0. The van der Waals surface area contributed by atoms with Crippen LogP contribution >= 0.6 is 46.4 Å². The van der Waals surface area contributed by atoms with Crippen LogP contribution < -0.4 is 0 Å². The van der Waals surface area contributed by atoms with Gasteiger partial charge in [0.05, 0.1) is 6.34 Å². The molecule has 0 bridgehead atoms. The van der Waals surface area contributed by atoms with Crippen LogP contribution in [-0.2, 0) is 0 Å². The molecule has 0 amide bonds. The predicted molar refractivity (Wildman–Crippen MR) is 47.2 cm³/mol. The number of rotatable bonds is 3. The van der Waals surface area contributed by atoms with Crippen LogP contribution in [0.25, 0.3) is 0 Å². The van der Waals surface area contributed by atoms with E-state index in [-0.39, 0.29) is 0 Å². The molecule has 0 aliphatic heterocycles. The average molecular weight is 224 g/mol. The van der Waals surface area contributed by atoms with Gasteiger partial charge in [0.25, 0.3) is 0 Å². The largest absolute Gasteiger partial charge is 0.304 e. The van der Waals surface area contributed by atoms with Crippen molar-refractivity contribution in [1.82, 2.24) is 4.90 Å². The fourth-order valence-electron chi connectivity index (χ4n) is 0.319. The maximum Gasteiger partial charge on any atom is 0.182 e. The van der Waals surface area contributed by atoms with E-state index in [1.165, 1.54) is 11.2 Å². The van der Waals surface area contributed by atoms with Crippen molar-refractivity contribution in [2.75, 3.05) is 7.05 Å². The fourth-order valence-corrected chi connectivity index (χ4v) is 1.20. The molecule has 0 N–H and O–H groups in total. The van der Waals surface area contributed by atoms with Gasteiger partial charge in [0.2, 0.25) is 0 Å². The van der Waals surface area contributed by atoms with Crippen LogP contribution in [0.5, 0.6) is 0 Å². The Balaban J connectivity index is 3.98. The van der Waals surface area contributed by atoms with Crippen molar-refractivity contribution in [3.63, 3.8) is 0 Å². The third kappa shape index (κ3) is 3.71. The molecule has 0 aromatic heterocycles. The van der Waals surface area contributed by atoms with E-state index in [2.05, 4.69) is 4.99 Å². The van der Waals surface area contributed by atoms with Gasteiger partial charge in [-0.15, -0.1) is 0 Å². The summed E-state index contributed by atoms with van der Waals surface area (Å²) < 4.78 is 0. The molecular weight excluding hydrogens is 218 g/mol. The topological polar surface area (TPSA) is 15.6 Å². The number of aliphatic imine (C=N–C) groups is 1. The van der Waals surface area contributed by atoms with Crippen LogP contribution in [0.3, 0.4) is 0 Å². The molecule has 0 radical (unpaired) electrons. The second-order valence-electron chi connectivity index (χ2n) is 1.38. The van der Waals surface area contributed by atoms with Crippen molar-refractivity contribution in [2.24, 2.45) is 4.99 Å². The average Bonchev–Trinajstić information content (AvgIpc) is 1.81. The molecule has 0 fully saturated rings. The first kappa shape index (κ1) is 10.6. The van der Waals surface area contributed by atoms with E-state index in [0.29, 0.717) is 0 Å². The first-order chi connectivity index (χ1) is 4.59. The zero-order valence-electron chi connectivity index (χ0n) is 5.14. The van der Waals surface area contributed by atoms with Gasteiger partial charge in [-0.3, -0.25) is 4.99 Å². The molecule has 0 saturated carbocycles. The second-order valence-corrected chi connectivity index (χ2v) is 3.48. The minimum Gasteiger partial charge on any atom is -0.304 e. The van der Waals surface area contributed by atoms with Crippen LogP contribution in [0.1, 0.15) is 0 Å². The highest BCUT2D eigenvalue weighted by atomic mass is 35.5. The summed E-state index contributed by atoms with van der Waals surface area (Å²) in [5.41, 5.74) is 0. The lowest BCUT2D eigenvalue weighted by atomic mass is 10.9. The summed E-state index contributed by atoms with van der Waals surface area (Å²) in [5, 5.41) is 0. The highest BCUT2D eigenvalue weighted by Crippen LogP contribution is 2.16. The molecule has 2 nitrogen and oxygen atoms in total. The maximum atomic E-state index is 5.45. The fraction of sp³-hybridized carbons (Fsp3) is 0.750. The van der Waals surface area contributed by atoms with E-state index in [9.17, 15) is 0 Å². The highest BCUT2D eigenvalue weighted by Gasteiger charge is 2.15. The smallest absolute Gasteiger partial charge is 0.182 e. The van der Waals surface area contributed by atoms with Gasteiger partial charge in [-0.1, -0.05) is 46.4 Å². The second kappa shape index (κ2) is 5.30. The van der Waals surface area contributed by atoms with Gasteiger partial charge in [0.1, 0.15) is 0 Å². The van der Waals surface area contributed by atoms with Crippen LogP contribution in [-0.4, -0.2) is 28.2 Å². The van der Waals surface area contributed by atoms with E-state index in [0.717, 1.165) is 0 Å². The van der Waals surface area contributed by atoms with Crippen LogP contribution in [0.15, 0.2) is 4.99 Å². The Morgan fingerprint density at radius 1 is 1.20 bits per heavy atom. The van der Waals surface area contributed by atoms with Gasteiger partial charge < -0.3 is 4.90 Å². The molecule has 0 aromatic carbocycles. The molecule has 0 unspecified atom stereocenters. The third-order valence-corrected chi connectivity index (χ3v) is 1.60. The lowest BCUT2D eigenvalue weighted by Gasteiger charge is -2.20. The summed E-state index contributed by atoms with van der Waals surface area (Å²) in [6, 6.07) is 0. The summed E-state index contributed by atoms with van der Waals surface area (Å²) in [6.07, 6.45) is 1.37. The summed E-state index contributed by atoms with van der Waals surface area (Å²) in [7, 11) is 1.57. The van der Waals surface area contributed by atoms with Crippen molar-refractivity contribution in [3.05, 3.63) is 0 Å². The van der Waals surface area contributed by atoms with Gasteiger partial charge in [-0.05, 0) is 0 Å². The zero-order chi connectivity index (χ0) is 8.15. The summed E-state index contributed by atoms with van der Waals surface area (Å²) in [6.45, 7) is 0. The molecule has 0 heterocycles. The van der Waals surface area contributed by atoms with E-state index in [4.69, 9.17) is 46.4 Å². The Bertz CT molecular complexity index is 106. The molecule has 0 atom stereocenters. The van der Waals surface area contributed by atoms with Crippen molar-refractivity contribution in [3.8, 4) is 0 Å². The Morgan fingerprint density at radius 2 is 1.60 bits per heavy atom. The van der Waals surface area contributed by atoms with Crippen LogP contribution in [0.4, 0.5) is 0 Å². The summed E-state index contributed by atoms with van der Waals surface area (Å²) >= 11 is 21.8. The Hall–Kier alpha value is 0.630. The van der Waals surface area contributed by atoms with E-state index >= 15 is 0 Å². The predicted octanol–water partition coefficient (Wildman–Crippen LogP) is 2.47. The van der Waals surface area contributed by atoms with Crippen molar-refractivity contribution < 1.29 is 0 Å². The zero-order valence-corrected chi connectivity index (χ0v) is 8.16. The number of nitrogens with zero attached hydrogens (tertiary/aromatic N) is 2. The molecule has 0 aliphatic rings. The minimum absolute atomic E-state index is 0.774.